The van der Waals surface area contributed by atoms with Gasteiger partial charge in [0.1, 0.15) is 5.82 Å². The average Bonchev–Trinajstić information content (AvgIpc) is 2.37. The number of hydrogen-bond acceptors (Lipinski definition) is 3. The van der Waals surface area contributed by atoms with E-state index in [0.29, 0.717) is 5.92 Å². The highest BCUT2D eigenvalue weighted by Gasteiger charge is 2.42. The van der Waals surface area contributed by atoms with Gasteiger partial charge < -0.3 is 10.6 Å². The Bertz CT molecular complexity index is 435. The summed E-state index contributed by atoms with van der Waals surface area (Å²) in [6.07, 6.45) is 7.46. The van der Waals surface area contributed by atoms with Gasteiger partial charge in [-0.25, -0.2) is 4.39 Å². The van der Waals surface area contributed by atoms with Crippen LogP contribution in [0.4, 0.5) is 4.39 Å². The molecule has 3 nitrogen and oxygen atoms in total. The minimum absolute atomic E-state index is 0.0901. The first-order chi connectivity index (χ1) is 8.95. The first-order valence-electron chi connectivity index (χ1n) is 6.99. The molecule has 1 aromatic heterocycles. The number of hydrogen-bond donors (Lipinski definition) is 1. The van der Waals surface area contributed by atoms with Crippen LogP contribution < -0.4 is 5.73 Å². The number of nitrogens with two attached hydrogens (primary N) is 1. The molecular formula is C15H24FN3. The van der Waals surface area contributed by atoms with Crippen LogP contribution >= 0.6 is 0 Å². The summed E-state index contributed by atoms with van der Waals surface area (Å²) in [6.45, 7) is 2.27. The van der Waals surface area contributed by atoms with Crippen molar-refractivity contribution in [1.29, 1.82) is 0 Å². The molecular weight excluding hydrogens is 241 g/mol. The summed E-state index contributed by atoms with van der Waals surface area (Å²) >= 11 is 0. The smallest absolute Gasteiger partial charge is 0.141 e. The monoisotopic (exact) mass is 265 g/mol. The molecule has 0 bridgehead atoms. The number of nitrogens with zero attached hydrogens (tertiary/aromatic N) is 2. The molecule has 0 amide bonds. The van der Waals surface area contributed by atoms with Gasteiger partial charge in [-0.05, 0) is 44.5 Å². The van der Waals surface area contributed by atoms with Gasteiger partial charge in [0.15, 0.2) is 0 Å². The fourth-order valence-electron chi connectivity index (χ4n) is 3.44. The van der Waals surface area contributed by atoms with E-state index in [4.69, 9.17) is 5.73 Å². The summed E-state index contributed by atoms with van der Waals surface area (Å²) in [7, 11) is 4.15. The zero-order valence-electron chi connectivity index (χ0n) is 12.1. The van der Waals surface area contributed by atoms with Crippen molar-refractivity contribution in [2.75, 3.05) is 14.1 Å². The van der Waals surface area contributed by atoms with E-state index in [1.165, 1.54) is 25.1 Å². The lowest BCUT2D eigenvalue weighted by Gasteiger charge is -2.49. The van der Waals surface area contributed by atoms with Crippen LogP contribution in [0.5, 0.6) is 0 Å². The van der Waals surface area contributed by atoms with Crippen molar-refractivity contribution in [2.24, 2.45) is 11.7 Å². The molecule has 1 aromatic rings. The van der Waals surface area contributed by atoms with E-state index in [1.807, 2.05) is 0 Å². The summed E-state index contributed by atoms with van der Waals surface area (Å²) in [6, 6.07) is 1.32. The van der Waals surface area contributed by atoms with E-state index in [0.717, 1.165) is 18.4 Å². The first-order valence-corrected chi connectivity index (χ1v) is 6.99. The molecule has 1 heterocycles. The van der Waals surface area contributed by atoms with Gasteiger partial charge in [-0.1, -0.05) is 19.8 Å². The lowest BCUT2D eigenvalue weighted by atomic mass is 9.70. The van der Waals surface area contributed by atoms with E-state index in [2.05, 4.69) is 30.9 Å². The van der Waals surface area contributed by atoms with Crippen LogP contribution in [0.2, 0.25) is 0 Å². The molecule has 1 aliphatic rings. The van der Waals surface area contributed by atoms with Crippen molar-refractivity contribution < 1.29 is 4.39 Å². The van der Waals surface area contributed by atoms with Crippen molar-refractivity contribution in [3.05, 3.63) is 29.8 Å². The second kappa shape index (κ2) is 5.55. The molecule has 3 unspecified atom stereocenters. The maximum Gasteiger partial charge on any atom is 0.141 e. The Labute approximate surface area is 115 Å². The zero-order chi connectivity index (χ0) is 14.0. The highest BCUT2D eigenvalue weighted by Crippen LogP contribution is 2.42. The summed E-state index contributed by atoms with van der Waals surface area (Å²) in [4.78, 5) is 6.16. The number of halogens is 1. The van der Waals surface area contributed by atoms with Crippen LogP contribution in [-0.4, -0.2) is 29.5 Å². The maximum absolute atomic E-state index is 13.4. The third-order valence-electron chi connectivity index (χ3n) is 4.56. The van der Waals surface area contributed by atoms with Gasteiger partial charge in [-0.3, -0.25) is 4.98 Å². The quantitative estimate of drug-likeness (QED) is 0.913. The summed E-state index contributed by atoms with van der Waals surface area (Å²) in [5, 5.41) is 0. The van der Waals surface area contributed by atoms with Gasteiger partial charge in [0.05, 0.1) is 6.20 Å². The predicted molar refractivity (Wildman–Crippen MR) is 75.2 cm³/mol. The molecule has 0 radical (unpaired) electrons. The summed E-state index contributed by atoms with van der Waals surface area (Å²) in [5.41, 5.74) is 7.19. The molecule has 19 heavy (non-hydrogen) atoms. The van der Waals surface area contributed by atoms with Crippen LogP contribution in [0.15, 0.2) is 18.5 Å². The normalized spacial score (nSPS) is 29.5. The van der Waals surface area contributed by atoms with Gasteiger partial charge in [0.2, 0.25) is 0 Å². The van der Waals surface area contributed by atoms with E-state index in [-0.39, 0.29) is 17.4 Å². The molecule has 0 aliphatic heterocycles. The summed E-state index contributed by atoms with van der Waals surface area (Å²) < 4.78 is 13.4. The lowest BCUT2D eigenvalue weighted by molar-refractivity contribution is 0.0497. The number of rotatable bonds is 3. The highest BCUT2D eigenvalue weighted by molar-refractivity contribution is 5.21. The highest BCUT2D eigenvalue weighted by atomic mass is 19.1. The van der Waals surface area contributed by atoms with Crippen LogP contribution in [-0.2, 0) is 0 Å². The molecule has 2 rings (SSSR count). The second-order valence-electron chi connectivity index (χ2n) is 6.11. The third kappa shape index (κ3) is 2.79. The topological polar surface area (TPSA) is 42.1 Å². The van der Waals surface area contributed by atoms with Gasteiger partial charge in [-0.2, -0.15) is 0 Å². The second-order valence-corrected chi connectivity index (χ2v) is 6.11. The third-order valence-corrected chi connectivity index (χ3v) is 4.56. The Balaban J connectivity index is 2.33. The van der Waals surface area contributed by atoms with Crippen molar-refractivity contribution in [3.8, 4) is 0 Å². The van der Waals surface area contributed by atoms with Gasteiger partial charge >= 0.3 is 0 Å². The molecule has 2 N–H and O–H groups in total. The molecule has 106 valence electrons. The fraction of sp³-hybridized carbons (Fsp3) is 0.667. The van der Waals surface area contributed by atoms with Crippen LogP contribution in [0.25, 0.3) is 0 Å². The van der Waals surface area contributed by atoms with Crippen molar-refractivity contribution in [2.45, 2.75) is 44.2 Å². The van der Waals surface area contributed by atoms with E-state index in [9.17, 15) is 4.39 Å². The van der Waals surface area contributed by atoms with Gasteiger partial charge in [-0.15, -0.1) is 0 Å². The molecule has 0 spiro atoms. The molecule has 1 saturated carbocycles. The molecule has 0 saturated heterocycles. The Kier molecular flexibility index (Phi) is 4.21. The van der Waals surface area contributed by atoms with Crippen LogP contribution in [0.3, 0.4) is 0 Å². The molecule has 4 heteroatoms. The summed E-state index contributed by atoms with van der Waals surface area (Å²) in [5.74, 6) is 0.342. The van der Waals surface area contributed by atoms with Gasteiger partial charge in [0.25, 0.3) is 0 Å². The minimum Gasteiger partial charge on any atom is -0.322 e. The maximum atomic E-state index is 13.4. The van der Waals surface area contributed by atoms with E-state index in [1.54, 1.807) is 6.20 Å². The molecule has 0 aromatic carbocycles. The number of aromatic nitrogens is 1. The Morgan fingerprint density at radius 1 is 1.47 bits per heavy atom. The Morgan fingerprint density at radius 3 is 2.79 bits per heavy atom. The van der Waals surface area contributed by atoms with E-state index < -0.39 is 0 Å². The SMILES string of the molecule is CC1CCCC(C(N)c2cncc(F)c2)(N(C)C)C1. The number of likely N-dealkylation sites (N-methyl/N-ethyl adjacent to an activating group) is 1. The lowest BCUT2D eigenvalue weighted by Crippen LogP contribution is -2.54. The molecule has 3 atom stereocenters. The predicted octanol–water partition coefficient (Wildman–Crippen LogP) is 2.73. The fourth-order valence-corrected chi connectivity index (χ4v) is 3.44. The van der Waals surface area contributed by atoms with E-state index >= 15 is 0 Å². The minimum atomic E-state index is -0.314. The molecule has 1 aliphatic carbocycles. The Morgan fingerprint density at radius 2 is 2.21 bits per heavy atom. The first kappa shape index (κ1) is 14.4. The van der Waals surface area contributed by atoms with Gasteiger partial charge in [0, 0.05) is 17.8 Å². The van der Waals surface area contributed by atoms with Crippen molar-refractivity contribution >= 4 is 0 Å². The molecule has 1 fully saturated rings. The Hall–Kier alpha value is -1.00. The van der Waals surface area contributed by atoms with Crippen molar-refractivity contribution in [3.63, 3.8) is 0 Å². The number of pyridine rings is 1. The average molecular weight is 265 g/mol. The van der Waals surface area contributed by atoms with Crippen LogP contribution in [0.1, 0.15) is 44.2 Å². The largest absolute Gasteiger partial charge is 0.322 e. The van der Waals surface area contributed by atoms with Crippen molar-refractivity contribution in [1.82, 2.24) is 9.88 Å². The standard InChI is InChI=1S/C15H24FN3/c1-11-5-4-6-15(8-11,19(2)3)14(17)12-7-13(16)10-18-9-12/h7,9-11,14H,4-6,8,17H2,1-3H3. The zero-order valence-corrected chi connectivity index (χ0v) is 12.1. The van der Waals surface area contributed by atoms with Crippen LogP contribution in [0, 0.1) is 11.7 Å².